The summed E-state index contributed by atoms with van der Waals surface area (Å²) in [5, 5.41) is 10.8. The van der Waals surface area contributed by atoms with E-state index < -0.39 is 0 Å². The zero-order valence-corrected chi connectivity index (χ0v) is 24.5. The van der Waals surface area contributed by atoms with Crippen molar-refractivity contribution in [3.63, 3.8) is 0 Å². The number of unbranched alkanes of at least 4 members (excludes halogenated alkanes) is 1. The Balaban J connectivity index is 1.37. The molecule has 4 aliphatic rings. The highest BCUT2D eigenvalue weighted by molar-refractivity contribution is 5.37. The minimum Gasteiger partial charge on any atom is -0.378 e. The van der Waals surface area contributed by atoms with Gasteiger partial charge < -0.3 is 14.2 Å². The topological polar surface area (TPSA) is 51.5 Å². The smallest absolute Gasteiger partial charge is 0.160 e. The molecule has 2 saturated carbocycles. The van der Waals surface area contributed by atoms with E-state index in [-0.39, 0.29) is 29.3 Å². The molecule has 204 valence electrons. The number of ether oxygens (including phenoxy) is 3. The van der Waals surface area contributed by atoms with Gasteiger partial charge in [0.2, 0.25) is 0 Å². The molecule has 1 heterocycles. The molecule has 4 heteroatoms. The Bertz CT molecular complexity index is 847. The molecule has 0 N–H and O–H groups in total. The Morgan fingerprint density at radius 2 is 1.81 bits per heavy atom. The fourth-order valence-electron chi connectivity index (χ4n) is 9.27. The number of rotatable bonds is 9. The van der Waals surface area contributed by atoms with Gasteiger partial charge in [0, 0.05) is 25.0 Å². The van der Waals surface area contributed by atoms with Crippen LogP contribution in [0.2, 0.25) is 0 Å². The van der Waals surface area contributed by atoms with Crippen LogP contribution in [0.15, 0.2) is 11.6 Å². The first-order valence-electron chi connectivity index (χ1n) is 14.9. The molecule has 2 bridgehead atoms. The summed E-state index contributed by atoms with van der Waals surface area (Å²) >= 11 is 0. The Labute approximate surface area is 221 Å². The maximum atomic E-state index is 10.8. The largest absolute Gasteiger partial charge is 0.378 e. The highest BCUT2D eigenvalue weighted by Gasteiger charge is 2.66. The van der Waals surface area contributed by atoms with E-state index in [0.717, 1.165) is 19.4 Å². The van der Waals surface area contributed by atoms with Gasteiger partial charge in [-0.2, -0.15) is 5.26 Å². The van der Waals surface area contributed by atoms with E-state index in [1.807, 2.05) is 0 Å². The van der Waals surface area contributed by atoms with Crippen molar-refractivity contribution in [1.82, 2.24) is 0 Å². The number of nitrogens with zero attached hydrogens (tertiary/aromatic N) is 1. The van der Waals surface area contributed by atoms with Crippen LogP contribution < -0.4 is 0 Å². The minimum absolute atomic E-state index is 0.0539. The van der Waals surface area contributed by atoms with Gasteiger partial charge in [-0.15, -0.1) is 0 Å². The van der Waals surface area contributed by atoms with Crippen LogP contribution in [0.3, 0.4) is 0 Å². The molecule has 0 aromatic rings. The third kappa shape index (κ3) is 4.50. The van der Waals surface area contributed by atoms with Crippen LogP contribution in [0.5, 0.6) is 0 Å². The molecule has 1 saturated heterocycles. The summed E-state index contributed by atoms with van der Waals surface area (Å²) < 4.78 is 18.1. The number of hydrogen-bond donors (Lipinski definition) is 0. The third-order valence-corrected chi connectivity index (χ3v) is 11.5. The van der Waals surface area contributed by atoms with Crippen LogP contribution in [0.4, 0.5) is 0 Å². The highest BCUT2D eigenvalue weighted by atomic mass is 16.7. The molecule has 4 nitrogen and oxygen atoms in total. The van der Waals surface area contributed by atoms with E-state index in [9.17, 15) is 5.26 Å². The van der Waals surface area contributed by atoms with Crippen LogP contribution in [-0.2, 0) is 14.2 Å². The number of methoxy groups -OCH3 is 1. The summed E-state index contributed by atoms with van der Waals surface area (Å²) in [6.07, 6.45) is 9.51. The van der Waals surface area contributed by atoms with Crippen LogP contribution in [0, 0.1) is 69.5 Å². The molecule has 10 unspecified atom stereocenters. The van der Waals surface area contributed by atoms with Crippen molar-refractivity contribution in [2.75, 3.05) is 13.7 Å². The molecule has 4 rings (SSSR count). The maximum Gasteiger partial charge on any atom is 0.160 e. The van der Waals surface area contributed by atoms with Gasteiger partial charge in [0.05, 0.1) is 23.7 Å². The predicted octanol–water partition coefficient (Wildman–Crippen LogP) is 7.64. The average molecular weight is 500 g/mol. The fraction of sp³-hybridized carbons (Fsp3) is 0.906. The second-order valence-corrected chi connectivity index (χ2v) is 13.7. The molecule has 0 radical (unpaired) electrons. The Hall–Kier alpha value is -0.890. The standard InChI is InChI=1S/C32H53NO3/c1-19(2)27-15-25-16-31(27,8)32(17-25,18-33)28-14-20(3)21(4)26(28)12-10-11-13-35-30-23(6)22(5)29(34-9)24(7)36-30/h15,19-26,28-30H,10-14,16-17H2,1-9H3/t20?,21?,22?,23?,24?,25?,26?,28?,29?,30?,31-,32+/m1/s1. The van der Waals surface area contributed by atoms with Crippen LogP contribution in [0.25, 0.3) is 0 Å². The zero-order valence-electron chi connectivity index (χ0n) is 24.5. The van der Waals surface area contributed by atoms with Crippen molar-refractivity contribution in [3.8, 4) is 6.07 Å². The quantitative estimate of drug-likeness (QED) is 0.242. The van der Waals surface area contributed by atoms with Gasteiger partial charge in [-0.05, 0) is 80.5 Å². The maximum absolute atomic E-state index is 10.8. The number of nitriles is 1. The van der Waals surface area contributed by atoms with E-state index in [1.54, 1.807) is 12.7 Å². The Morgan fingerprint density at radius 3 is 2.42 bits per heavy atom. The highest BCUT2D eigenvalue weighted by Crippen LogP contribution is 2.71. The monoisotopic (exact) mass is 499 g/mol. The van der Waals surface area contributed by atoms with Crippen molar-refractivity contribution < 1.29 is 14.2 Å². The molecular weight excluding hydrogens is 446 g/mol. The molecule has 12 atom stereocenters. The molecule has 0 amide bonds. The minimum atomic E-state index is -0.193. The lowest BCUT2D eigenvalue weighted by atomic mass is 9.53. The second-order valence-electron chi connectivity index (χ2n) is 13.7. The lowest BCUT2D eigenvalue weighted by molar-refractivity contribution is -0.262. The number of hydrogen-bond acceptors (Lipinski definition) is 4. The molecule has 0 spiro atoms. The lowest BCUT2D eigenvalue weighted by Crippen LogP contribution is -2.49. The fourth-order valence-corrected chi connectivity index (χ4v) is 9.27. The first-order valence-corrected chi connectivity index (χ1v) is 14.9. The summed E-state index contributed by atoms with van der Waals surface area (Å²) in [5.74, 6) is 4.41. The summed E-state index contributed by atoms with van der Waals surface area (Å²) in [5.41, 5.74) is 1.43. The van der Waals surface area contributed by atoms with Crippen molar-refractivity contribution >= 4 is 0 Å². The van der Waals surface area contributed by atoms with Gasteiger partial charge in [-0.25, -0.2) is 0 Å². The normalized spacial score (nSPS) is 48.4. The third-order valence-electron chi connectivity index (χ3n) is 11.5. The zero-order chi connectivity index (χ0) is 26.4. The SMILES string of the molecule is COC1C(C)OC(OCCCCC2C(C)C(C)CC2[C@@]2(C#N)CC3C=C(C(C)C)[C@@]2(C)C3)C(C)C1C. The van der Waals surface area contributed by atoms with Gasteiger partial charge in [0.1, 0.15) is 0 Å². The first kappa shape index (κ1) is 28.1. The van der Waals surface area contributed by atoms with Crippen molar-refractivity contribution in [2.45, 2.75) is 112 Å². The molecule has 1 aliphatic heterocycles. The van der Waals surface area contributed by atoms with Crippen molar-refractivity contribution in [2.24, 2.45) is 58.2 Å². The van der Waals surface area contributed by atoms with E-state index in [4.69, 9.17) is 14.2 Å². The summed E-state index contributed by atoms with van der Waals surface area (Å²) in [6, 6.07) is 3.02. The van der Waals surface area contributed by atoms with E-state index in [1.165, 1.54) is 25.7 Å². The number of fused-ring (bicyclic) bond motifs is 2. The average Bonchev–Trinajstić information content (AvgIpc) is 3.43. The van der Waals surface area contributed by atoms with E-state index in [0.29, 0.717) is 47.3 Å². The predicted molar refractivity (Wildman–Crippen MR) is 145 cm³/mol. The van der Waals surface area contributed by atoms with Crippen LogP contribution in [0.1, 0.15) is 93.9 Å². The second kappa shape index (κ2) is 10.7. The molecule has 0 aromatic heterocycles. The summed E-state index contributed by atoms with van der Waals surface area (Å²) in [7, 11) is 1.78. The first-order chi connectivity index (χ1) is 17.0. The van der Waals surface area contributed by atoms with Gasteiger partial charge in [-0.3, -0.25) is 0 Å². The summed E-state index contributed by atoms with van der Waals surface area (Å²) in [6.45, 7) is 19.3. The number of allylic oxidation sites excluding steroid dienone is 2. The van der Waals surface area contributed by atoms with Gasteiger partial charge in [-0.1, -0.05) is 66.5 Å². The van der Waals surface area contributed by atoms with Gasteiger partial charge in [0.25, 0.3) is 0 Å². The van der Waals surface area contributed by atoms with E-state index >= 15 is 0 Å². The van der Waals surface area contributed by atoms with E-state index in [2.05, 4.69) is 67.5 Å². The molecule has 0 aromatic carbocycles. The van der Waals surface area contributed by atoms with Gasteiger partial charge >= 0.3 is 0 Å². The van der Waals surface area contributed by atoms with Crippen LogP contribution in [-0.4, -0.2) is 32.2 Å². The summed E-state index contributed by atoms with van der Waals surface area (Å²) in [4.78, 5) is 0. The molecular formula is C32H53NO3. The van der Waals surface area contributed by atoms with Crippen molar-refractivity contribution in [3.05, 3.63) is 11.6 Å². The lowest BCUT2D eigenvalue weighted by Gasteiger charge is -2.48. The molecule has 36 heavy (non-hydrogen) atoms. The van der Waals surface area contributed by atoms with Crippen molar-refractivity contribution in [1.29, 1.82) is 5.26 Å². The molecule has 3 aliphatic carbocycles. The van der Waals surface area contributed by atoms with Gasteiger partial charge in [0.15, 0.2) is 6.29 Å². The van der Waals surface area contributed by atoms with Crippen LogP contribution >= 0.6 is 0 Å². The molecule has 3 fully saturated rings. The Morgan fingerprint density at radius 1 is 1.08 bits per heavy atom. The Kier molecular flexibility index (Phi) is 8.36.